The maximum absolute atomic E-state index is 13.9. The molecule has 0 radical (unpaired) electrons. The van der Waals surface area contributed by atoms with Crippen molar-refractivity contribution >= 4 is 17.6 Å². The molecule has 0 saturated heterocycles. The second-order valence-electron chi connectivity index (χ2n) is 4.50. The van der Waals surface area contributed by atoms with Gasteiger partial charge in [0.1, 0.15) is 11.5 Å². The number of rotatable bonds is 3. The Morgan fingerprint density at radius 1 is 1.32 bits per heavy atom. The van der Waals surface area contributed by atoms with Gasteiger partial charge in [0.05, 0.1) is 5.69 Å². The molecule has 1 aromatic carbocycles. The summed E-state index contributed by atoms with van der Waals surface area (Å²) in [6.45, 7) is 3.70. The van der Waals surface area contributed by atoms with Gasteiger partial charge in [-0.05, 0) is 44.2 Å². The summed E-state index contributed by atoms with van der Waals surface area (Å²) in [4.78, 5) is 11.2. The van der Waals surface area contributed by atoms with Crippen LogP contribution in [0.3, 0.4) is 0 Å². The predicted molar refractivity (Wildman–Crippen MR) is 72.2 cm³/mol. The molecule has 0 spiro atoms. The van der Waals surface area contributed by atoms with E-state index < -0.39 is 11.8 Å². The molecule has 0 amide bonds. The number of halogens is 2. The molecule has 100 valence electrons. The molecule has 5 heteroatoms. The maximum atomic E-state index is 13.9. The number of carboxylic acids is 1. The molecule has 1 N–H and O–H groups in total. The number of aromatic carboxylic acids is 1. The van der Waals surface area contributed by atoms with E-state index in [1.807, 2.05) is 13.8 Å². The average molecular weight is 282 g/mol. The van der Waals surface area contributed by atoms with E-state index in [9.17, 15) is 9.18 Å². The Morgan fingerprint density at radius 2 is 2.00 bits per heavy atom. The maximum Gasteiger partial charge on any atom is 0.352 e. The molecule has 0 atom stereocenters. The van der Waals surface area contributed by atoms with Crippen LogP contribution >= 0.6 is 11.6 Å². The van der Waals surface area contributed by atoms with Gasteiger partial charge in [-0.1, -0.05) is 11.6 Å². The Labute approximate surface area is 115 Å². The smallest absolute Gasteiger partial charge is 0.352 e. The highest BCUT2D eigenvalue weighted by Gasteiger charge is 2.19. The van der Waals surface area contributed by atoms with Crippen LogP contribution in [0.1, 0.15) is 30.4 Å². The van der Waals surface area contributed by atoms with Crippen molar-refractivity contribution in [3.63, 3.8) is 0 Å². The molecule has 2 aromatic rings. The minimum Gasteiger partial charge on any atom is -0.477 e. The third-order valence-electron chi connectivity index (χ3n) is 2.86. The van der Waals surface area contributed by atoms with E-state index >= 15 is 0 Å². The van der Waals surface area contributed by atoms with E-state index in [-0.39, 0.29) is 11.7 Å². The van der Waals surface area contributed by atoms with Gasteiger partial charge in [-0.2, -0.15) is 0 Å². The zero-order valence-corrected chi connectivity index (χ0v) is 11.3. The van der Waals surface area contributed by atoms with Gasteiger partial charge < -0.3 is 9.67 Å². The number of carboxylic acid groups (broad SMARTS) is 1. The van der Waals surface area contributed by atoms with E-state index in [4.69, 9.17) is 16.7 Å². The van der Waals surface area contributed by atoms with Crippen LogP contribution in [0.4, 0.5) is 4.39 Å². The van der Waals surface area contributed by atoms with Crippen molar-refractivity contribution < 1.29 is 14.3 Å². The Hall–Kier alpha value is -1.81. The highest BCUT2D eigenvalue weighted by atomic mass is 35.5. The molecule has 1 aromatic heterocycles. The van der Waals surface area contributed by atoms with Crippen molar-refractivity contribution in [2.45, 2.75) is 19.9 Å². The fourth-order valence-corrected chi connectivity index (χ4v) is 2.25. The molecule has 0 unspecified atom stereocenters. The summed E-state index contributed by atoms with van der Waals surface area (Å²) in [5, 5.41) is 9.46. The van der Waals surface area contributed by atoms with Crippen LogP contribution in [-0.4, -0.2) is 15.6 Å². The van der Waals surface area contributed by atoms with Crippen LogP contribution in [0.5, 0.6) is 0 Å². The first-order chi connectivity index (χ1) is 8.91. The molecule has 0 aliphatic heterocycles. The van der Waals surface area contributed by atoms with Crippen molar-refractivity contribution in [1.29, 1.82) is 0 Å². The Bertz CT molecular complexity index is 634. The first kappa shape index (κ1) is 13.6. The highest BCUT2D eigenvalue weighted by molar-refractivity contribution is 6.30. The van der Waals surface area contributed by atoms with Crippen LogP contribution in [0, 0.1) is 5.82 Å². The van der Waals surface area contributed by atoms with Gasteiger partial charge in [-0.25, -0.2) is 9.18 Å². The highest BCUT2D eigenvalue weighted by Crippen LogP contribution is 2.29. The summed E-state index contributed by atoms with van der Waals surface area (Å²) in [5.41, 5.74) is 1.01. The summed E-state index contributed by atoms with van der Waals surface area (Å²) < 4.78 is 15.5. The molecule has 2 rings (SSSR count). The van der Waals surface area contributed by atoms with Crippen LogP contribution in [-0.2, 0) is 0 Å². The third kappa shape index (κ3) is 2.49. The zero-order valence-electron chi connectivity index (χ0n) is 10.5. The normalized spacial score (nSPS) is 11.0. The quantitative estimate of drug-likeness (QED) is 0.915. The van der Waals surface area contributed by atoms with Gasteiger partial charge >= 0.3 is 5.97 Å². The number of benzene rings is 1. The number of aromatic nitrogens is 1. The second kappa shape index (κ2) is 5.05. The largest absolute Gasteiger partial charge is 0.477 e. The lowest BCUT2D eigenvalue weighted by atomic mass is 10.1. The van der Waals surface area contributed by atoms with Gasteiger partial charge in [-0.15, -0.1) is 0 Å². The lowest BCUT2D eigenvalue weighted by molar-refractivity contribution is 0.0683. The number of nitrogens with zero attached hydrogens (tertiary/aromatic N) is 1. The molecule has 0 saturated carbocycles. The van der Waals surface area contributed by atoms with E-state index in [0.717, 1.165) is 0 Å². The van der Waals surface area contributed by atoms with Crippen LogP contribution in [0.25, 0.3) is 11.3 Å². The van der Waals surface area contributed by atoms with Gasteiger partial charge in [-0.3, -0.25) is 0 Å². The lowest BCUT2D eigenvalue weighted by Gasteiger charge is -2.16. The summed E-state index contributed by atoms with van der Waals surface area (Å²) in [7, 11) is 0. The van der Waals surface area contributed by atoms with Crippen molar-refractivity contribution in [3.8, 4) is 11.3 Å². The van der Waals surface area contributed by atoms with Crippen molar-refractivity contribution in [3.05, 3.63) is 46.9 Å². The van der Waals surface area contributed by atoms with Crippen molar-refractivity contribution in [2.75, 3.05) is 0 Å². The summed E-state index contributed by atoms with van der Waals surface area (Å²) in [5.74, 6) is -1.50. The van der Waals surface area contributed by atoms with E-state index in [1.165, 1.54) is 12.1 Å². The molecule has 3 nitrogen and oxygen atoms in total. The van der Waals surface area contributed by atoms with E-state index in [2.05, 4.69) is 0 Å². The first-order valence-corrected chi connectivity index (χ1v) is 6.19. The SMILES string of the molecule is CC(C)n1c(C(=O)O)ccc1-c1ccc(Cl)cc1F. The Morgan fingerprint density at radius 3 is 2.53 bits per heavy atom. The summed E-state index contributed by atoms with van der Waals surface area (Å²) >= 11 is 5.72. The van der Waals surface area contributed by atoms with Crippen LogP contribution in [0.2, 0.25) is 5.02 Å². The molecule has 0 bridgehead atoms. The molecular weight excluding hydrogens is 269 g/mol. The van der Waals surface area contributed by atoms with Crippen LogP contribution < -0.4 is 0 Å². The average Bonchev–Trinajstić information content (AvgIpc) is 2.73. The zero-order chi connectivity index (χ0) is 14.2. The van der Waals surface area contributed by atoms with Crippen molar-refractivity contribution in [2.24, 2.45) is 0 Å². The minimum atomic E-state index is -1.03. The second-order valence-corrected chi connectivity index (χ2v) is 4.93. The molecule has 0 fully saturated rings. The van der Waals surface area contributed by atoms with Gasteiger partial charge in [0, 0.05) is 16.6 Å². The molecule has 0 aliphatic carbocycles. The molecule has 1 heterocycles. The summed E-state index contributed by atoms with van der Waals surface area (Å²) in [6, 6.07) is 7.35. The fraction of sp³-hybridized carbons (Fsp3) is 0.214. The fourth-order valence-electron chi connectivity index (χ4n) is 2.10. The third-order valence-corrected chi connectivity index (χ3v) is 3.10. The Balaban J connectivity index is 2.65. The molecule has 0 aliphatic rings. The van der Waals surface area contributed by atoms with Gasteiger partial charge in [0.2, 0.25) is 0 Å². The van der Waals surface area contributed by atoms with Gasteiger partial charge in [0.25, 0.3) is 0 Å². The predicted octanol–water partition coefficient (Wildman–Crippen LogP) is 4.23. The van der Waals surface area contributed by atoms with Crippen molar-refractivity contribution in [1.82, 2.24) is 4.57 Å². The molecule has 19 heavy (non-hydrogen) atoms. The Kier molecular flexibility index (Phi) is 3.62. The summed E-state index contributed by atoms with van der Waals surface area (Å²) in [6.07, 6.45) is 0. The lowest BCUT2D eigenvalue weighted by Crippen LogP contribution is -2.12. The van der Waals surface area contributed by atoms with Crippen LogP contribution in [0.15, 0.2) is 30.3 Å². The topological polar surface area (TPSA) is 42.2 Å². The monoisotopic (exact) mass is 281 g/mol. The molecular formula is C14H13ClFNO2. The van der Waals surface area contributed by atoms with Gasteiger partial charge in [0.15, 0.2) is 0 Å². The van der Waals surface area contributed by atoms with E-state index in [1.54, 1.807) is 22.8 Å². The van der Waals surface area contributed by atoms with E-state index in [0.29, 0.717) is 16.3 Å². The standard InChI is InChI=1S/C14H13ClFNO2/c1-8(2)17-12(5-6-13(17)14(18)19)10-4-3-9(15)7-11(10)16/h3-8H,1-2H3,(H,18,19). The number of hydrogen-bond acceptors (Lipinski definition) is 1. The minimum absolute atomic E-state index is 0.0915. The number of carbonyl (C=O) groups is 1. The number of hydrogen-bond donors (Lipinski definition) is 1. The first-order valence-electron chi connectivity index (χ1n) is 5.81.